The molecule has 5 aromatic carbocycles. The summed E-state index contributed by atoms with van der Waals surface area (Å²) < 4.78 is 33.2. The van der Waals surface area contributed by atoms with Crippen LogP contribution in [-0.2, 0) is 15.7 Å². The van der Waals surface area contributed by atoms with Crippen molar-refractivity contribution in [2.24, 2.45) is 0 Å². The van der Waals surface area contributed by atoms with Gasteiger partial charge in [-0.25, -0.2) is 0 Å². The summed E-state index contributed by atoms with van der Waals surface area (Å²) in [6.07, 6.45) is 0. The Morgan fingerprint density at radius 2 is 1.15 bits per heavy atom. The van der Waals surface area contributed by atoms with Crippen molar-refractivity contribution in [3.63, 3.8) is 0 Å². The van der Waals surface area contributed by atoms with Crippen molar-refractivity contribution in [3.05, 3.63) is 144 Å². The van der Waals surface area contributed by atoms with Crippen LogP contribution in [-0.4, -0.2) is 18.1 Å². The van der Waals surface area contributed by atoms with Crippen molar-refractivity contribution in [1.82, 2.24) is 0 Å². The highest BCUT2D eigenvalue weighted by Crippen LogP contribution is 2.39. The van der Waals surface area contributed by atoms with Crippen molar-refractivity contribution in [2.75, 3.05) is 16.4 Å². The normalized spacial score (nSPS) is 12.9. The highest BCUT2D eigenvalue weighted by atomic mass is 32.2. The Morgan fingerprint density at radius 1 is 0.650 bits per heavy atom. The lowest BCUT2D eigenvalue weighted by Crippen LogP contribution is -2.29. The number of aliphatic hydroxyl groups is 1. The summed E-state index contributed by atoms with van der Waals surface area (Å²) in [4.78, 5) is -0.225. The lowest BCUT2D eigenvalue weighted by molar-refractivity contribution is 0.125. The molecule has 0 aliphatic carbocycles. The molecule has 1 unspecified atom stereocenters. The van der Waals surface area contributed by atoms with Gasteiger partial charge in [0.2, 0.25) is 0 Å². The Hall–Kier alpha value is -4.63. The van der Waals surface area contributed by atoms with Gasteiger partial charge in [0.1, 0.15) is 10.5 Å². The minimum Gasteiger partial charge on any atom is -0.399 e. The van der Waals surface area contributed by atoms with Crippen LogP contribution in [0.4, 0.5) is 28.4 Å². The number of rotatable bonds is 8. The monoisotopic (exact) mass is 551 g/mol. The largest absolute Gasteiger partial charge is 0.399 e. The lowest BCUT2D eigenvalue weighted by atomic mass is 9.79. The first-order valence-corrected chi connectivity index (χ1v) is 14.0. The average molecular weight is 552 g/mol. The van der Waals surface area contributed by atoms with Crippen molar-refractivity contribution in [2.45, 2.75) is 17.4 Å². The van der Waals surface area contributed by atoms with Gasteiger partial charge in [0.05, 0.1) is 5.69 Å². The topological polar surface area (TPSA) is 125 Å². The quantitative estimate of drug-likeness (QED) is 0.0836. The van der Waals surface area contributed by atoms with Gasteiger partial charge in [-0.1, -0.05) is 66.7 Å². The van der Waals surface area contributed by atoms with Gasteiger partial charge in [-0.3, -0.25) is 4.55 Å². The molecule has 5 rings (SSSR count). The van der Waals surface area contributed by atoms with Gasteiger partial charge in [0, 0.05) is 22.7 Å². The second-order valence-corrected chi connectivity index (χ2v) is 10.9. The van der Waals surface area contributed by atoms with E-state index < -0.39 is 15.7 Å². The van der Waals surface area contributed by atoms with Gasteiger partial charge in [-0.05, 0) is 83.8 Å². The van der Waals surface area contributed by atoms with Crippen molar-refractivity contribution in [3.8, 4) is 0 Å². The molecule has 0 aromatic heterocycles. The molecule has 6 N–H and O–H groups in total. The number of hydrogen-bond donors (Lipinski definition) is 5. The molecule has 0 aliphatic rings. The highest BCUT2D eigenvalue weighted by Gasteiger charge is 2.34. The van der Waals surface area contributed by atoms with E-state index in [9.17, 15) is 18.1 Å². The van der Waals surface area contributed by atoms with Gasteiger partial charge in [-0.15, -0.1) is 0 Å². The fourth-order valence-electron chi connectivity index (χ4n) is 4.63. The number of nitrogen functional groups attached to an aromatic ring is 1. The molecule has 0 aliphatic heterocycles. The number of nitrogens with two attached hydrogens (primary N) is 1. The summed E-state index contributed by atoms with van der Waals surface area (Å²) in [5.74, 6) is 0. The molecule has 0 bridgehead atoms. The van der Waals surface area contributed by atoms with Crippen LogP contribution in [0, 0.1) is 6.92 Å². The third-order valence-corrected chi connectivity index (χ3v) is 7.71. The number of hydrogen-bond acceptors (Lipinski definition) is 6. The van der Waals surface area contributed by atoms with Crippen LogP contribution in [0.1, 0.15) is 22.3 Å². The molecule has 0 amide bonds. The van der Waals surface area contributed by atoms with Crippen LogP contribution < -0.4 is 16.4 Å². The van der Waals surface area contributed by atoms with E-state index in [-0.39, 0.29) is 10.6 Å². The Balaban J connectivity index is 1.52. The SMILES string of the molecule is Cc1cc(C(O)(c2ccc(Nc3ccccc3)cc2)c2ccc(Nc3ccccc3S(=O)(=O)O)cc2)ccc1N. The predicted molar refractivity (Wildman–Crippen MR) is 160 cm³/mol. The van der Waals surface area contributed by atoms with E-state index >= 15 is 0 Å². The third-order valence-electron chi connectivity index (χ3n) is 6.80. The maximum Gasteiger partial charge on any atom is 0.296 e. The van der Waals surface area contributed by atoms with Gasteiger partial charge in [-0.2, -0.15) is 8.42 Å². The van der Waals surface area contributed by atoms with Crippen molar-refractivity contribution >= 4 is 38.6 Å². The molecule has 0 spiro atoms. The fourth-order valence-corrected chi connectivity index (χ4v) is 5.28. The third kappa shape index (κ3) is 5.55. The van der Waals surface area contributed by atoms with E-state index in [0.29, 0.717) is 28.1 Å². The van der Waals surface area contributed by atoms with E-state index in [0.717, 1.165) is 16.9 Å². The number of benzene rings is 5. The molecule has 0 fully saturated rings. The van der Waals surface area contributed by atoms with E-state index in [1.54, 1.807) is 42.5 Å². The van der Waals surface area contributed by atoms with Gasteiger partial charge in [0.25, 0.3) is 10.1 Å². The van der Waals surface area contributed by atoms with E-state index in [1.165, 1.54) is 12.1 Å². The molecule has 7 nitrogen and oxygen atoms in total. The predicted octanol–water partition coefficient (Wildman–Crippen LogP) is 6.60. The smallest absolute Gasteiger partial charge is 0.296 e. The molecule has 0 saturated carbocycles. The first-order valence-electron chi connectivity index (χ1n) is 12.6. The van der Waals surface area contributed by atoms with Crippen molar-refractivity contribution in [1.29, 1.82) is 0 Å². The summed E-state index contributed by atoms with van der Waals surface area (Å²) >= 11 is 0. The second kappa shape index (κ2) is 10.9. The minimum atomic E-state index is -4.41. The molecular weight excluding hydrogens is 522 g/mol. The average Bonchev–Trinajstić information content (AvgIpc) is 2.95. The Labute approximate surface area is 233 Å². The van der Waals surface area contributed by atoms with E-state index in [1.807, 2.05) is 73.7 Å². The van der Waals surface area contributed by atoms with Crippen LogP contribution in [0.15, 0.2) is 126 Å². The molecule has 0 radical (unpaired) electrons. The number of nitrogens with one attached hydrogen (secondary N) is 2. The summed E-state index contributed by atoms with van der Waals surface area (Å²) in [5, 5.41) is 18.8. The van der Waals surface area contributed by atoms with Crippen LogP contribution >= 0.6 is 0 Å². The summed E-state index contributed by atoms with van der Waals surface area (Å²) in [6, 6.07) is 36.0. The maximum absolute atomic E-state index is 12.4. The molecule has 0 saturated heterocycles. The number of aryl methyl sites for hydroxylation is 1. The molecule has 8 heteroatoms. The van der Waals surface area contributed by atoms with Crippen LogP contribution in [0.5, 0.6) is 0 Å². The molecule has 40 heavy (non-hydrogen) atoms. The molecule has 0 heterocycles. The van der Waals surface area contributed by atoms with Gasteiger partial charge in [0.15, 0.2) is 0 Å². The Kier molecular flexibility index (Phi) is 7.32. The Bertz CT molecular complexity index is 1740. The minimum absolute atomic E-state index is 0.225. The standard InChI is InChI=1S/C32H29N3O4S/c1-22-21-25(15-20-29(22)33)32(36,23-11-16-27(17-12-23)34-26-7-3-2-4-8-26)24-13-18-28(19-14-24)35-30-9-5-6-10-31(30)40(37,38)39/h2-21,34-36H,33H2,1H3,(H,37,38,39). The van der Waals surface area contributed by atoms with Crippen LogP contribution in [0.3, 0.4) is 0 Å². The van der Waals surface area contributed by atoms with E-state index in [2.05, 4.69) is 10.6 Å². The zero-order valence-corrected chi connectivity index (χ0v) is 22.6. The van der Waals surface area contributed by atoms with E-state index in [4.69, 9.17) is 5.73 Å². The first kappa shape index (κ1) is 27.0. The fraction of sp³-hybridized carbons (Fsp3) is 0.0625. The molecule has 1 atom stereocenters. The Morgan fingerprint density at radius 3 is 1.73 bits per heavy atom. The second-order valence-electron chi connectivity index (χ2n) is 9.52. The van der Waals surface area contributed by atoms with Gasteiger partial charge < -0.3 is 21.5 Å². The van der Waals surface area contributed by atoms with Crippen LogP contribution in [0.2, 0.25) is 0 Å². The molecule has 202 valence electrons. The number of anilines is 5. The van der Waals surface area contributed by atoms with Gasteiger partial charge >= 0.3 is 0 Å². The first-order chi connectivity index (χ1) is 19.1. The summed E-state index contributed by atoms with van der Waals surface area (Å²) in [6.45, 7) is 1.89. The summed E-state index contributed by atoms with van der Waals surface area (Å²) in [7, 11) is -4.41. The zero-order valence-electron chi connectivity index (χ0n) is 21.7. The molecule has 5 aromatic rings. The van der Waals surface area contributed by atoms with Crippen LogP contribution in [0.25, 0.3) is 0 Å². The highest BCUT2D eigenvalue weighted by molar-refractivity contribution is 7.86. The number of para-hydroxylation sites is 2. The van der Waals surface area contributed by atoms with Crippen molar-refractivity contribution < 1.29 is 18.1 Å². The summed E-state index contributed by atoms with van der Waals surface area (Å²) in [5.41, 5.74) is 10.6. The zero-order chi connectivity index (χ0) is 28.3. The lowest BCUT2D eigenvalue weighted by Gasteiger charge is -2.31. The maximum atomic E-state index is 12.4. The molecular formula is C32H29N3O4S.